The SMILES string of the molecule is COC(=O)c1cc(Br)cc(C(=O)N(C)Cc2nc(C)cs2)c1. The Hall–Kier alpha value is -1.73. The van der Waals surface area contributed by atoms with Crippen LogP contribution in [0.4, 0.5) is 0 Å². The number of methoxy groups -OCH3 is 1. The quantitative estimate of drug-likeness (QED) is 0.761. The van der Waals surface area contributed by atoms with Gasteiger partial charge in [-0.25, -0.2) is 9.78 Å². The zero-order valence-electron chi connectivity index (χ0n) is 12.4. The molecule has 0 saturated heterocycles. The van der Waals surface area contributed by atoms with Gasteiger partial charge in [0.15, 0.2) is 0 Å². The van der Waals surface area contributed by atoms with Crippen molar-refractivity contribution >= 4 is 39.1 Å². The lowest BCUT2D eigenvalue weighted by atomic mass is 10.1. The summed E-state index contributed by atoms with van der Waals surface area (Å²) in [6, 6.07) is 4.83. The number of esters is 1. The third-order valence-electron chi connectivity index (χ3n) is 2.95. The Labute approximate surface area is 141 Å². The van der Waals surface area contributed by atoms with Gasteiger partial charge in [0.2, 0.25) is 0 Å². The molecule has 0 fully saturated rings. The second-order valence-electron chi connectivity index (χ2n) is 4.76. The largest absolute Gasteiger partial charge is 0.465 e. The highest BCUT2D eigenvalue weighted by Gasteiger charge is 2.17. The van der Waals surface area contributed by atoms with E-state index in [0.717, 1.165) is 10.7 Å². The smallest absolute Gasteiger partial charge is 0.337 e. The molecular formula is C15H15BrN2O3S. The van der Waals surface area contributed by atoms with Gasteiger partial charge < -0.3 is 9.64 Å². The predicted molar refractivity (Wildman–Crippen MR) is 88.1 cm³/mol. The number of ether oxygens (including phenoxy) is 1. The maximum atomic E-state index is 12.5. The van der Waals surface area contributed by atoms with Gasteiger partial charge in [0.25, 0.3) is 5.91 Å². The van der Waals surface area contributed by atoms with Crippen LogP contribution < -0.4 is 0 Å². The molecule has 1 heterocycles. The summed E-state index contributed by atoms with van der Waals surface area (Å²) in [4.78, 5) is 30.0. The molecule has 0 radical (unpaired) electrons. The van der Waals surface area contributed by atoms with Gasteiger partial charge in [0.05, 0.1) is 19.2 Å². The molecule has 0 aliphatic heterocycles. The molecule has 0 atom stereocenters. The van der Waals surface area contributed by atoms with Crippen LogP contribution in [0.2, 0.25) is 0 Å². The van der Waals surface area contributed by atoms with Gasteiger partial charge in [0, 0.05) is 28.2 Å². The fourth-order valence-electron chi connectivity index (χ4n) is 1.92. The van der Waals surface area contributed by atoms with Crippen molar-refractivity contribution < 1.29 is 14.3 Å². The van der Waals surface area contributed by atoms with Crippen molar-refractivity contribution in [1.29, 1.82) is 0 Å². The van der Waals surface area contributed by atoms with Crippen molar-refractivity contribution in [3.8, 4) is 0 Å². The van der Waals surface area contributed by atoms with Crippen LogP contribution in [0.1, 0.15) is 31.4 Å². The normalized spacial score (nSPS) is 10.4. The highest BCUT2D eigenvalue weighted by Crippen LogP contribution is 2.19. The van der Waals surface area contributed by atoms with Gasteiger partial charge in [-0.05, 0) is 25.1 Å². The number of carbonyl (C=O) groups is 2. The molecule has 1 aromatic heterocycles. The average Bonchev–Trinajstić information content (AvgIpc) is 2.89. The Kier molecular flexibility index (Phi) is 5.31. The summed E-state index contributed by atoms with van der Waals surface area (Å²) < 4.78 is 5.34. The second kappa shape index (κ2) is 7.02. The average molecular weight is 383 g/mol. The first-order chi connectivity index (χ1) is 10.4. The summed E-state index contributed by atoms with van der Waals surface area (Å²) in [6.07, 6.45) is 0. The Bertz CT molecular complexity index is 715. The van der Waals surface area contributed by atoms with Crippen molar-refractivity contribution in [3.05, 3.63) is 49.9 Å². The van der Waals surface area contributed by atoms with Gasteiger partial charge >= 0.3 is 5.97 Å². The first-order valence-corrected chi connectivity index (χ1v) is 8.13. The van der Waals surface area contributed by atoms with E-state index in [1.807, 2.05) is 12.3 Å². The van der Waals surface area contributed by atoms with Gasteiger partial charge in [-0.2, -0.15) is 0 Å². The fraction of sp³-hybridized carbons (Fsp3) is 0.267. The number of rotatable bonds is 4. The second-order valence-corrected chi connectivity index (χ2v) is 6.62. The lowest BCUT2D eigenvalue weighted by Gasteiger charge is -2.16. The highest BCUT2D eigenvalue weighted by atomic mass is 79.9. The number of nitrogens with zero attached hydrogens (tertiary/aromatic N) is 2. The third kappa shape index (κ3) is 3.92. The number of aromatic nitrogens is 1. The molecule has 0 N–H and O–H groups in total. The zero-order valence-corrected chi connectivity index (χ0v) is 14.8. The topological polar surface area (TPSA) is 59.5 Å². The molecule has 1 amide bonds. The van der Waals surface area contributed by atoms with Crippen molar-refractivity contribution in [1.82, 2.24) is 9.88 Å². The molecule has 1 aromatic carbocycles. The molecule has 116 valence electrons. The lowest BCUT2D eigenvalue weighted by molar-refractivity contribution is 0.0600. The summed E-state index contributed by atoms with van der Waals surface area (Å²) in [6.45, 7) is 2.34. The van der Waals surface area contributed by atoms with Crippen LogP contribution >= 0.6 is 27.3 Å². The molecule has 2 aromatic rings. The van der Waals surface area contributed by atoms with Crippen LogP contribution in [0.3, 0.4) is 0 Å². The van der Waals surface area contributed by atoms with E-state index in [-0.39, 0.29) is 5.91 Å². The van der Waals surface area contributed by atoms with E-state index in [1.54, 1.807) is 24.1 Å². The zero-order chi connectivity index (χ0) is 16.3. The number of aryl methyl sites for hydroxylation is 1. The summed E-state index contributed by atoms with van der Waals surface area (Å²) in [5, 5.41) is 2.82. The van der Waals surface area contributed by atoms with Crippen LogP contribution in [0.25, 0.3) is 0 Å². The molecule has 0 aliphatic carbocycles. The van der Waals surface area contributed by atoms with Crippen LogP contribution in [0.15, 0.2) is 28.1 Å². The first kappa shape index (κ1) is 16.6. The summed E-state index contributed by atoms with van der Waals surface area (Å²) in [7, 11) is 3.01. The number of thiazole rings is 1. The van der Waals surface area contributed by atoms with Crippen LogP contribution in [-0.4, -0.2) is 35.9 Å². The van der Waals surface area contributed by atoms with E-state index in [4.69, 9.17) is 4.74 Å². The number of hydrogen-bond acceptors (Lipinski definition) is 5. The third-order valence-corrected chi connectivity index (χ3v) is 4.36. The van der Waals surface area contributed by atoms with E-state index in [9.17, 15) is 9.59 Å². The van der Waals surface area contributed by atoms with Crippen molar-refractivity contribution in [2.45, 2.75) is 13.5 Å². The Morgan fingerprint density at radius 3 is 2.59 bits per heavy atom. The summed E-state index contributed by atoms with van der Waals surface area (Å²) in [5.41, 5.74) is 1.69. The van der Waals surface area contributed by atoms with Crippen molar-refractivity contribution in [2.24, 2.45) is 0 Å². The van der Waals surface area contributed by atoms with Crippen molar-refractivity contribution in [2.75, 3.05) is 14.2 Å². The number of carbonyl (C=O) groups excluding carboxylic acids is 2. The maximum Gasteiger partial charge on any atom is 0.337 e. The monoisotopic (exact) mass is 382 g/mol. The van der Waals surface area contributed by atoms with E-state index in [1.165, 1.54) is 24.5 Å². The fourth-order valence-corrected chi connectivity index (χ4v) is 3.24. The molecule has 0 saturated carbocycles. The number of amides is 1. The molecule has 0 unspecified atom stereocenters. The molecule has 5 nitrogen and oxygen atoms in total. The molecule has 0 aliphatic rings. The highest BCUT2D eigenvalue weighted by molar-refractivity contribution is 9.10. The number of benzene rings is 1. The predicted octanol–water partition coefficient (Wildman–Crippen LogP) is 3.27. The van der Waals surface area contributed by atoms with E-state index in [2.05, 4.69) is 20.9 Å². The van der Waals surface area contributed by atoms with Crippen LogP contribution in [0.5, 0.6) is 0 Å². The van der Waals surface area contributed by atoms with Gasteiger partial charge in [-0.15, -0.1) is 11.3 Å². The molecule has 0 bridgehead atoms. The standard InChI is InChI=1S/C15H15BrN2O3S/c1-9-8-22-13(17-9)7-18(2)14(19)10-4-11(15(20)21-3)6-12(16)5-10/h4-6,8H,7H2,1-3H3. The number of halogens is 1. The number of hydrogen-bond donors (Lipinski definition) is 0. The van der Waals surface area contributed by atoms with E-state index < -0.39 is 5.97 Å². The Morgan fingerprint density at radius 1 is 1.32 bits per heavy atom. The minimum atomic E-state index is -0.478. The first-order valence-electron chi connectivity index (χ1n) is 6.46. The van der Waals surface area contributed by atoms with Crippen LogP contribution in [0, 0.1) is 6.92 Å². The lowest BCUT2D eigenvalue weighted by Crippen LogP contribution is -2.26. The molecule has 7 heteroatoms. The minimum absolute atomic E-state index is 0.181. The molecule has 22 heavy (non-hydrogen) atoms. The Morgan fingerprint density at radius 2 is 2.00 bits per heavy atom. The maximum absolute atomic E-state index is 12.5. The van der Waals surface area contributed by atoms with Crippen molar-refractivity contribution in [3.63, 3.8) is 0 Å². The summed E-state index contributed by atoms with van der Waals surface area (Å²) >= 11 is 4.83. The van der Waals surface area contributed by atoms with Crippen LogP contribution in [-0.2, 0) is 11.3 Å². The minimum Gasteiger partial charge on any atom is -0.465 e. The van der Waals surface area contributed by atoms with Gasteiger partial charge in [0.1, 0.15) is 5.01 Å². The van der Waals surface area contributed by atoms with Gasteiger partial charge in [-0.1, -0.05) is 15.9 Å². The summed E-state index contributed by atoms with van der Waals surface area (Å²) in [5.74, 6) is -0.659. The Balaban J connectivity index is 2.21. The van der Waals surface area contributed by atoms with E-state index in [0.29, 0.717) is 22.1 Å². The molecular weight excluding hydrogens is 368 g/mol. The molecule has 2 rings (SSSR count). The van der Waals surface area contributed by atoms with Gasteiger partial charge in [-0.3, -0.25) is 4.79 Å². The molecule has 0 spiro atoms. The van der Waals surface area contributed by atoms with E-state index >= 15 is 0 Å².